The average Bonchev–Trinajstić information content (AvgIpc) is 2.39. The van der Waals surface area contributed by atoms with Crippen molar-refractivity contribution in [2.24, 2.45) is 5.73 Å². The molecule has 0 saturated carbocycles. The van der Waals surface area contributed by atoms with Gasteiger partial charge in [0.1, 0.15) is 17.3 Å². The van der Waals surface area contributed by atoms with E-state index < -0.39 is 0 Å². The Balaban J connectivity index is 2.40. The van der Waals surface area contributed by atoms with Gasteiger partial charge in [0.25, 0.3) is 0 Å². The van der Waals surface area contributed by atoms with E-state index >= 15 is 0 Å². The van der Waals surface area contributed by atoms with Gasteiger partial charge in [-0.3, -0.25) is 0 Å². The molecule has 1 unspecified atom stereocenters. The van der Waals surface area contributed by atoms with Crippen molar-refractivity contribution in [1.29, 1.82) is 0 Å². The van der Waals surface area contributed by atoms with E-state index in [1.54, 1.807) is 0 Å². The lowest BCUT2D eigenvalue weighted by atomic mass is 10.2. The molecule has 0 aliphatic rings. The SMILES string of the molecule is CCCC(C)N(C)CCOc1cccc(C(N)=S)c1. The first kappa shape index (κ1) is 15.9. The van der Waals surface area contributed by atoms with Gasteiger partial charge in [-0.25, -0.2) is 0 Å². The van der Waals surface area contributed by atoms with Gasteiger partial charge in [0.15, 0.2) is 0 Å². The van der Waals surface area contributed by atoms with Crippen LogP contribution in [-0.2, 0) is 0 Å². The molecule has 0 radical (unpaired) electrons. The minimum absolute atomic E-state index is 0.402. The summed E-state index contributed by atoms with van der Waals surface area (Å²) in [5.74, 6) is 0.821. The van der Waals surface area contributed by atoms with E-state index in [9.17, 15) is 0 Å². The molecule has 0 amide bonds. The number of nitrogens with two attached hydrogens (primary N) is 1. The van der Waals surface area contributed by atoms with Gasteiger partial charge < -0.3 is 15.4 Å². The molecule has 19 heavy (non-hydrogen) atoms. The van der Waals surface area contributed by atoms with Crippen molar-refractivity contribution in [2.75, 3.05) is 20.2 Å². The second-order valence-electron chi connectivity index (χ2n) is 4.86. The summed E-state index contributed by atoms with van der Waals surface area (Å²) < 4.78 is 5.74. The summed E-state index contributed by atoms with van der Waals surface area (Å²) in [5, 5.41) is 0. The summed E-state index contributed by atoms with van der Waals surface area (Å²) in [6.45, 7) is 6.04. The summed E-state index contributed by atoms with van der Waals surface area (Å²) in [5.41, 5.74) is 6.45. The van der Waals surface area contributed by atoms with Crippen molar-refractivity contribution < 1.29 is 4.74 Å². The van der Waals surface area contributed by atoms with Gasteiger partial charge in [-0.15, -0.1) is 0 Å². The largest absolute Gasteiger partial charge is 0.492 e. The van der Waals surface area contributed by atoms with Crippen LogP contribution < -0.4 is 10.5 Å². The van der Waals surface area contributed by atoms with Crippen molar-refractivity contribution in [2.45, 2.75) is 32.7 Å². The molecule has 1 aromatic rings. The Bertz CT molecular complexity index is 409. The van der Waals surface area contributed by atoms with E-state index in [2.05, 4.69) is 25.8 Å². The number of rotatable bonds is 8. The molecule has 0 bridgehead atoms. The van der Waals surface area contributed by atoms with E-state index in [-0.39, 0.29) is 0 Å². The standard InChI is InChI=1S/C15H24N2OS/c1-4-6-12(2)17(3)9-10-18-14-8-5-7-13(11-14)15(16)19/h5,7-8,11-12H,4,6,9-10H2,1-3H3,(H2,16,19). The van der Waals surface area contributed by atoms with Crippen LogP contribution in [0.25, 0.3) is 0 Å². The molecule has 0 aliphatic carbocycles. The fraction of sp³-hybridized carbons (Fsp3) is 0.533. The molecule has 0 saturated heterocycles. The zero-order chi connectivity index (χ0) is 14.3. The van der Waals surface area contributed by atoms with Crippen molar-refractivity contribution in [1.82, 2.24) is 4.90 Å². The Morgan fingerprint density at radius 2 is 2.21 bits per heavy atom. The Labute approximate surface area is 121 Å². The van der Waals surface area contributed by atoms with E-state index in [1.165, 1.54) is 12.8 Å². The van der Waals surface area contributed by atoms with Gasteiger partial charge in [0.05, 0.1) is 0 Å². The highest BCUT2D eigenvalue weighted by Gasteiger charge is 2.07. The highest BCUT2D eigenvalue weighted by molar-refractivity contribution is 7.80. The van der Waals surface area contributed by atoms with Crippen LogP contribution in [0.15, 0.2) is 24.3 Å². The Morgan fingerprint density at radius 1 is 1.47 bits per heavy atom. The number of ether oxygens (including phenoxy) is 1. The van der Waals surface area contributed by atoms with Crippen LogP contribution >= 0.6 is 12.2 Å². The van der Waals surface area contributed by atoms with Crippen LogP contribution in [0.1, 0.15) is 32.3 Å². The number of hydrogen-bond acceptors (Lipinski definition) is 3. The smallest absolute Gasteiger partial charge is 0.120 e. The van der Waals surface area contributed by atoms with Gasteiger partial charge in [0.2, 0.25) is 0 Å². The summed E-state index contributed by atoms with van der Waals surface area (Å²) in [6.07, 6.45) is 2.43. The van der Waals surface area contributed by atoms with Crippen molar-refractivity contribution in [3.63, 3.8) is 0 Å². The molecule has 106 valence electrons. The number of likely N-dealkylation sites (N-methyl/N-ethyl adjacent to an activating group) is 1. The lowest BCUT2D eigenvalue weighted by molar-refractivity contribution is 0.193. The first-order valence-electron chi connectivity index (χ1n) is 6.77. The van der Waals surface area contributed by atoms with Gasteiger partial charge in [-0.2, -0.15) is 0 Å². The summed E-state index contributed by atoms with van der Waals surface area (Å²) in [4.78, 5) is 2.72. The Hall–Kier alpha value is -1.13. The van der Waals surface area contributed by atoms with Gasteiger partial charge in [-0.05, 0) is 32.5 Å². The van der Waals surface area contributed by atoms with Crippen LogP contribution in [0.3, 0.4) is 0 Å². The maximum atomic E-state index is 5.74. The molecule has 1 aromatic carbocycles. The minimum atomic E-state index is 0.402. The van der Waals surface area contributed by atoms with Crippen LogP contribution in [0.2, 0.25) is 0 Å². The van der Waals surface area contributed by atoms with Crippen molar-refractivity contribution in [3.8, 4) is 5.75 Å². The van der Waals surface area contributed by atoms with E-state index in [1.807, 2.05) is 24.3 Å². The average molecular weight is 280 g/mol. The van der Waals surface area contributed by atoms with Crippen LogP contribution in [0, 0.1) is 0 Å². The third kappa shape index (κ3) is 5.57. The molecule has 4 heteroatoms. The summed E-state index contributed by atoms with van der Waals surface area (Å²) >= 11 is 4.95. The fourth-order valence-electron chi connectivity index (χ4n) is 1.91. The predicted molar refractivity (Wildman–Crippen MR) is 84.8 cm³/mol. The second-order valence-corrected chi connectivity index (χ2v) is 5.30. The fourth-order valence-corrected chi connectivity index (χ4v) is 2.03. The molecule has 0 heterocycles. The van der Waals surface area contributed by atoms with Crippen LogP contribution in [-0.4, -0.2) is 36.1 Å². The van der Waals surface area contributed by atoms with E-state index in [4.69, 9.17) is 22.7 Å². The quantitative estimate of drug-likeness (QED) is 0.743. The first-order chi connectivity index (χ1) is 9.04. The maximum absolute atomic E-state index is 5.74. The topological polar surface area (TPSA) is 38.5 Å². The zero-order valence-electron chi connectivity index (χ0n) is 12.1. The molecule has 1 atom stereocenters. The van der Waals surface area contributed by atoms with Gasteiger partial charge in [0, 0.05) is 18.2 Å². The lowest BCUT2D eigenvalue weighted by Gasteiger charge is -2.24. The summed E-state index contributed by atoms with van der Waals surface area (Å²) in [7, 11) is 2.13. The van der Waals surface area contributed by atoms with E-state index in [0.717, 1.165) is 17.9 Å². The second kappa shape index (κ2) is 8.12. The van der Waals surface area contributed by atoms with Crippen molar-refractivity contribution >= 4 is 17.2 Å². The lowest BCUT2D eigenvalue weighted by Crippen LogP contribution is -2.32. The van der Waals surface area contributed by atoms with Crippen LogP contribution in [0.5, 0.6) is 5.75 Å². The first-order valence-corrected chi connectivity index (χ1v) is 7.18. The number of benzene rings is 1. The molecule has 1 rings (SSSR count). The number of nitrogens with zero attached hydrogens (tertiary/aromatic N) is 1. The highest BCUT2D eigenvalue weighted by atomic mass is 32.1. The molecular formula is C15H24N2OS. The Morgan fingerprint density at radius 3 is 2.84 bits per heavy atom. The molecule has 0 fully saturated rings. The van der Waals surface area contributed by atoms with Gasteiger partial charge in [-0.1, -0.05) is 37.7 Å². The highest BCUT2D eigenvalue weighted by Crippen LogP contribution is 2.13. The monoisotopic (exact) mass is 280 g/mol. The molecule has 3 nitrogen and oxygen atoms in total. The zero-order valence-corrected chi connectivity index (χ0v) is 12.9. The molecule has 0 aliphatic heterocycles. The molecular weight excluding hydrogens is 256 g/mol. The van der Waals surface area contributed by atoms with Crippen LogP contribution in [0.4, 0.5) is 0 Å². The maximum Gasteiger partial charge on any atom is 0.120 e. The van der Waals surface area contributed by atoms with E-state index in [0.29, 0.717) is 17.6 Å². The number of thiocarbonyl (C=S) groups is 1. The third-order valence-corrected chi connectivity index (χ3v) is 3.53. The number of hydrogen-bond donors (Lipinski definition) is 1. The minimum Gasteiger partial charge on any atom is -0.492 e. The summed E-state index contributed by atoms with van der Waals surface area (Å²) in [6, 6.07) is 8.21. The van der Waals surface area contributed by atoms with Gasteiger partial charge >= 0.3 is 0 Å². The molecule has 0 aromatic heterocycles. The normalized spacial score (nSPS) is 12.4. The third-order valence-electron chi connectivity index (χ3n) is 3.29. The van der Waals surface area contributed by atoms with Crippen molar-refractivity contribution in [3.05, 3.63) is 29.8 Å². The predicted octanol–water partition coefficient (Wildman–Crippen LogP) is 2.82. The molecule has 2 N–H and O–H groups in total. The Kier molecular flexibility index (Phi) is 6.81. The molecule has 0 spiro atoms.